The number of aryl methyl sites for hydroxylation is 2. The van der Waals surface area contributed by atoms with Crippen LogP contribution >= 0.6 is 47.0 Å². The summed E-state index contributed by atoms with van der Waals surface area (Å²) >= 11 is 24.8. The molecule has 2 aromatic heterocycles. The van der Waals surface area contributed by atoms with Gasteiger partial charge in [-0.2, -0.15) is 0 Å². The fraction of sp³-hybridized carbons (Fsp3) is 0.138. The van der Waals surface area contributed by atoms with Gasteiger partial charge in [0.1, 0.15) is 10.6 Å². The fourth-order valence-electron chi connectivity index (χ4n) is 5.13. The minimum atomic E-state index is 0.548. The zero-order valence-corrected chi connectivity index (χ0v) is 22.4. The van der Waals surface area contributed by atoms with Gasteiger partial charge >= 0.3 is 0 Å². The molecule has 36 heavy (non-hydrogen) atoms. The quantitative estimate of drug-likeness (QED) is 0.225. The fourth-order valence-corrected chi connectivity index (χ4v) is 5.88. The monoisotopic (exact) mass is 549 g/mol. The van der Waals surface area contributed by atoms with Crippen molar-refractivity contribution in [2.24, 2.45) is 0 Å². The Morgan fingerprint density at radius 1 is 0.833 bits per heavy atom. The first-order chi connectivity index (χ1) is 17.5. The first kappa shape index (κ1) is 23.6. The summed E-state index contributed by atoms with van der Waals surface area (Å²) in [6, 6.07) is 24.0. The zero-order chi connectivity index (χ0) is 24.8. The minimum absolute atomic E-state index is 0.548. The number of hydrogen-bond donors (Lipinski definition) is 1. The molecule has 0 aliphatic carbocycles. The number of rotatable bonds is 4. The summed E-state index contributed by atoms with van der Waals surface area (Å²) in [4.78, 5) is 0.663. The predicted molar refractivity (Wildman–Crippen MR) is 156 cm³/mol. The number of nitrogens with one attached hydrogen (secondary N) is 1. The Labute approximate surface area is 230 Å². The van der Waals surface area contributed by atoms with Crippen molar-refractivity contribution in [3.05, 3.63) is 105 Å². The smallest absolute Gasteiger partial charge is 0.128 e. The SMILES string of the molecule is S=C(Nc1ccc(Cl)cc1)c1c(-c2ccccc2)c2c3n(c(-c4ccc(Cl)c(Cl)c4)cn13)CCCC2. The van der Waals surface area contributed by atoms with Gasteiger partial charge in [-0.05, 0) is 61.2 Å². The summed E-state index contributed by atoms with van der Waals surface area (Å²) in [5.74, 6) is 0. The second kappa shape index (κ2) is 9.60. The molecule has 0 unspecified atom stereocenters. The van der Waals surface area contributed by atoms with E-state index in [2.05, 4.69) is 44.7 Å². The highest BCUT2D eigenvalue weighted by Gasteiger charge is 2.28. The van der Waals surface area contributed by atoms with Gasteiger partial charge in [-0.25, -0.2) is 0 Å². The van der Waals surface area contributed by atoms with Crippen molar-refractivity contribution in [3.8, 4) is 22.4 Å². The highest BCUT2D eigenvalue weighted by atomic mass is 35.5. The van der Waals surface area contributed by atoms with E-state index >= 15 is 0 Å². The molecule has 0 bridgehead atoms. The minimum Gasteiger partial charge on any atom is -0.345 e. The largest absolute Gasteiger partial charge is 0.345 e. The van der Waals surface area contributed by atoms with Gasteiger partial charge in [0.05, 0.1) is 21.4 Å². The van der Waals surface area contributed by atoms with Gasteiger partial charge in [-0.1, -0.05) is 83.4 Å². The van der Waals surface area contributed by atoms with Crippen LogP contribution in [0.2, 0.25) is 15.1 Å². The molecule has 0 atom stereocenters. The molecule has 7 heteroatoms. The number of imidazole rings is 1. The van der Waals surface area contributed by atoms with Gasteiger partial charge in [-0.15, -0.1) is 0 Å². The second-order valence-corrected chi connectivity index (χ2v) is 10.6. The predicted octanol–water partition coefficient (Wildman–Crippen LogP) is 9.16. The van der Waals surface area contributed by atoms with Crippen molar-refractivity contribution >= 4 is 63.3 Å². The molecule has 0 amide bonds. The molecule has 6 rings (SSSR count). The third kappa shape index (κ3) is 4.12. The van der Waals surface area contributed by atoms with Crippen LogP contribution in [-0.2, 0) is 13.0 Å². The first-order valence-corrected chi connectivity index (χ1v) is 13.4. The number of hydrogen-bond acceptors (Lipinski definition) is 1. The lowest BCUT2D eigenvalue weighted by atomic mass is 9.98. The average molecular weight is 551 g/mol. The topological polar surface area (TPSA) is 21.4 Å². The summed E-state index contributed by atoms with van der Waals surface area (Å²) in [7, 11) is 0. The van der Waals surface area contributed by atoms with Crippen LogP contribution in [0.5, 0.6) is 0 Å². The molecule has 3 heterocycles. The van der Waals surface area contributed by atoms with Crippen LogP contribution in [0.4, 0.5) is 5.69 Å². The Kier molecular flexibility index (Phi) is 6.30. The summed E-state index contributed by atoms with van der Waals surface area (Å²) < 4.78 is 4.66. The van der Waals surface area contributed by atoms with Crippen molar-refractivity contribution in [3.63, 3.8) is 0 Å². The van der Waals surface area contributed by atoms with Crippen LogP contribution in [0, 0.1) is 0 Å². The van der Waals surface area contributed by atoms with E-state index in [1.165, 1.54) is 16.8 Å². The Bertz CT molecular complexity index is 1600. The molecule has 1 aliphatic rings. The molecule has 0 radical (unpaired) electrons. The maximum Gasteiger partial charge on any atom is 0.128 e. The molecular weight excluding hydrogens is 529 g/mol. The van der Waals surface area contributed by atoms with Gasteiger partial charge in [0.25, 0.3) is 0 Å². The zero-order valence-electron chi connectivity index (χ0n) is 19.3. The number of nitrogens with zero attached hydrogens (tertiary/aromatic N) is 2. The van der Waals surface area contributed by atoms with E-state index < -0.39 is 0 Å². The summed E-state index contributed by atoms with van der Waals surface area (Å²) in [5.41, 5.74) is 8.87. The van der Waals surface area contributed by atoms with Gasteiger partial charge < -0.3 is 9.88 Å². The summed E-state index contributed by atoms with van der Waals surface area (Å²) in [5, 5.41) is 5.24. The van der Waals surface area contributed by atoms with E-state index in [-0.39, 0.29) is 0 Å². The molecule has 0 spiro atoms. The molecule has 3 nitrogen and oxygen atoms in total. The molecule has 0 saturated heterocycles. The Morgan fingerprint density at radius 2 is 1.61 bits per heavy atom. The third-order valence-corrected chi connectivity index (χ3v) is 8.02. The molecule has 5 aromatic rings. The van der Waals surface area contributed by atoms with E-state index in [4.69, 9.17) is 47.0 Å². The van der Waals surface area contributed by atoms with E-state index in [1.807, 2.05) is 48.5 Å². The van der Waals surface area contributed by atoms with Crippen LogP contribution in [0.1, 0.15) is 24.1 Å². The normalized spacial score (nSPS) is 13.1. The maximum absolute atomic E-state index is 6.41. The van der Waals surface area contributed by atoms with E-state index in [0.717, 1.165) is 54.0 Å². The number of benzene rings is 3. The van der Waals surface area contributed by atoms with E-state index in [0.29, 0.717) is 20.1 Å². The number of halogens is 3. The van der Waals surface area contributed by atoms with Gasteiger partial charge in [0.15, 0.2) is 0 Å². The van der Waals surface area contributed by atoms with Crippen molar-refractivity contribution in [2.45, 2.75) is 25.8 Å². The van der Waals surface area contributed by atoms with Crippen molar-refractivity contribution in [1.29, 1.82) is 0 Å². The molecule has 1 N–H and O–H groups in total. The van der Waals surface area contributed by atoms with Crippen molar-refractivity contribution in [2.75, 3.05) is 5.32 Å². The Hall–Kier alpha value is -2.76. The van der Waals surface area contributed by atoms with E-state index in [9.17, 15) is 0 Å². The molecule has 180 valence electrons. The van der Waals surface area contributed by atoms with Crippen LogP contribution in [0.15, 0.2) is 79.0 Å². The molecule has 1 aliphatic heterocycles. The van der Waals surface area contributed by atoms with Gasteiger partial charge in [-0.3, -0.25) is 4.40 Å². The highest BCUT2D eigenvalue weighted by molar-refractivity contribution is 7.81. The van der Waals surface area contributed by atoms with Crippen LogP contribution in [0.3, 0.4) is 0 Å². The van der Waals surface area contributed by atoms with Crippen LogP contribution < -0.4 is 5.32 Å². The lowest BCUT2D eigenvalue weighted by Gasteiger charge is -2.12. The standard InChI is InChI=1S/C29H22Cl3N3S/c30-20-10-12-21(13-11-20)33-28(36)27-26(18-6-2-1-3-7-18)22-8-4-5-15-34-25(17-35(27)29(22)34)19-9-14-23(31)24(32)16-19/h1-3,6-7,9-14,16-17H,4-5,8,15H2,(H,33,36). The second-order valence-electron chi connectivity index (χ2n) is 8.97. The van der Waals surface area contributed by atoms with E-state index in [1.54, 1.807) is 0 Å². The first-order valence-electron chi connectivity index (χ1n) is 11.9. The Balaban J connectivity index is 1.60. The number of thiocarbonyl (C=S) groups is 1. The molecule has 0 saturated carbocycles. The van der Waals surface area contributed by atoms with Crippen LogP contribution in [0.25, 0.3) is 28.0 Å². The number of anilines is 1. The number of aromatic nitrogens is 2. The lowest BCUT2D eigenvalue weighted by Crippen LogP contribution is -2.14. The average Bonchev–Trinajstić information content (AvgIpc) is 3.30. The molecule has 0 fully saturated rings. The lowest BCUT2D eigenvalue weighted by molar-refractivity contribution is 0.647. The van der Waals surface area contributed by atoms with Gasteiger partial charge in [0, 0.05) is 40.1 Å². The van der Waals surface area contributed by atoms with Crippen LogP contribution in [-0.4, -0.2) is 14.0 Å². The maximum atomic E-state index is 6.41. The van der Waals surface area contributed by atoms with Crippen molar-refractivity contribution < 1.29 is 0 Å². The van der Waals surface area contributed by atoms with Gasteiger partial charge in [0.2, 0.25) is 0 Å². The molecular formula is C29H22Cl3N3S. The third-order valence-electron chi connectivity index (χ3n) is 6.73. The summed E-state index contributed by atoms with van der Waals surface area (Å²) in [6.07, 6.45) is 5.38. The highest BCUT2D eigenvalue weighted by Crippen LogP contribution is 2.40. The van der Waals surface area contributed by atoms with Crippen molar-refractivity contribution in [1.82, 2.24) is 8.97 Å². The summed E-state index contributed by atoms with van der Waals surface area (Å²) in [6.45, 7) is 0.925. The molecule has 3 aromatic carbocycles. The Morgan fingerprint density at radius 3 is 2.36 bits per heavy atom.